The highest BCUT2D eigenvalue weighted by molar-refractivity contribution is 7.92. The molecule has 1 heterocycles. The van der Waals surface area contributed by atoms with E-state index in [0.717, 1.165) is 11.9 Å². The van der Waals surface area contributed by atoms with Gasteiger partial charge in [-0.2, -0.15) is 0 Å². The maximum Gasteiger partial charge on any atom is 0.229 e. The smallest absolute Gasteiger partial charge is 0.229 e. The van der Waals surface area contributed by atoms with Gasteiger partial charge in [0.2, 0.25) is 10.0 Å². The molecule has 18 heavy (non-hydrogen) atoms. The molecule has 0 saturated heterocycles. The van der Waals surface area contributed by atoms with E-state index in [1.54, 1.807) is 12.1 Å². The second-order valence-electron chi connectivity index (χ2n) is 3.80. The molecule has 0 atom stereocenters. The fourth-order valence-electron chi connectivity index (χ4n) is 1.41. The Morgan fingerprint density at radius 1 is 1.00 bits per heavy atom. The van der Waals surface area contributed by atoms with Crippen LogP contribution in [0.2, 0.25) is 0 Å². The summed E-state index contributed by atoms with van der Waals surface area (Å²) in [4.78, 5) is 4.12. The number of benzene rings is 1. The van der Waals surface area contributed by atoms with E-state index < -0.39 is 10.0 Å². The van der Waals surface area contributed by atoms with Crippen molar-refractivity contribution in [3.05, 3.63) is 48.7 Å². The molecule has 2 N–H and O–H groups in total. The molecule has 1 aromatic carbocycles. The van der Waals surface area contributed by atoms with Crippen molar-refractivity contribution in [2.75, 3.05) is 16.3 Å². The highest BCUT2D eigenvalue weighted by atomic mass is 32.2. The molecule has 1 aromatic heterocycles. The summed E-state index contributed by atoms with van der Waals surface area (Å²) in [5.74, 6) is 0.653. The molecule has 0 saturated carbocycles. The first-order valence-electron chi connectivity index (χ1n) is 5.29. The second kappa shape index (κ2) is 5.05. The molecule has 2 rings (SSSR count). The lowest BCUT2D eigenvalue weighted by Crippen LogP contribution is -2.09. The number of aromatic nitrogens is 1. The first-order chi connectivity index (χ1) is 8.53. The summed E-state index contributed by atoms with van der Waals surface area (Å²) < 4.78 is 24.4. The lowest BCUT2D eigenvalue weighted by Gasteiger charge is -2.07. The Kier molecular flexibility index (Phi) is 3.47. The molecular formula is C12H13N3O2S. The molecule has 94 valence electrons. The third-order valence-electron chi connectivity index (χ3n) is 2.11. The average Bonchev–Trinajstić information content (AvgIpc) is 2.31. The van der Waals surface area contributed by atoms with Crippen LogP contribution in [0.4, 0.5) is 17.2 Å². The molecule has 0 aliphatic rings. The summed E-state index contributed by atoms with van der Waals surface area (Å²) in [6, 6.07) is 13.0. The van der Waals surface area contributed by atoms with E-state index in [1.165, 1.54) is 6.20 Å². The zero-order chi connectivity index (χ0) is 13.0. The fourth-order valence-corrected chi connectivity index (χ4v) is 1.96. The molecular weight excluding hydrogens is 250 g/mol. The Balaban J connectivity index is 2.09. The van der Waals surface area contributed by atoms with Crippen LogP contribution in [-0.2, 0) is 10.0 Å². The summed E-state index contributed by atoms with van der Waals surface area (Å²) in [6.45, 7) is 0. The van der Waals surface area contributed by atoms with Gasteiger partial charge in [-0.25, -0.2) is 13.4 Å². The largest absolute Gasteiger partial charge is 0.340 e. The minimum Gasteiger partial charge on any atom is -0.340 e. The third-order valence-corrected chi connectivity index (χ3v) is 2.72. The van der Waals surface area contributed by atoms with Gasteiger partial charge in [0, 0.05) is 5.69 Å². The summed E-state index contributed by atoms with van der Waals surface area (Å²) in [7, 11) is -3.26. The van der Waals surface area contributed by atoms with E-state index >= 15 is 0 Å². The maximum absolute atomic E-state index is 11.0. The van der Waals surface area contributed by atoms with Crippen molar-refractivity contribution in [3.8, 4) is 0 Å². The van der Waals surface area contributed by atoms with Crippen LogP contribution in [0.1, 0.15) is 0 Å². The third kappa shape index (κ3) is 3.74. The Morgan fingerprint density at radius 3 is 2.28 bits per heavy atom. The van der Waals surface area contributed by atoms with Crippen LogP contribution in [0.5, 0.6) is 0 Å². The van der Waals surface area contributed by atoms with Gasteiger partial charge in [0.15, 0.2) is 0 Å². The van der Waals surface area contributed by atoms with Crippen LogP contribution in [0.3, 0.4) is 0 Å². The summed E-state index contributed by atoms with van der Waals surface area (Å²) in [6.07, 6.45) is 2.56. The minimum absolute atomic E-state index is 0.441. The van der Waals surface area contributed by atoms with Crippen LogP contribution in [0, 0.1) is 0 Å². The predicted octanol–water partition coefficient (Wildman–Crippen LogP) is 2.20. The van der Waals surface area contributed by atoms with Crippen molar-refractivity contribution in [1.29, 1.82) is 0 Å². The van der Waals surface area contributed by atoms with Gasteiger partial charge in [0.1, 0.15) is 5.82 Å². The van der Waals surface area contributed by atoms with E-state index in [0.29, 0.717) is 11.5 Å². The highest BCUT2D eigenvalue weighted by Crippen LogP contribution is 2.15. The van der Waals surface area contributed by atoms with Crippen molar-refractivity contribution in [2.24, 2.45) is 0 Å². The number of nitrogens with zero attached hydrogens (tertiary/aromatic N) is 1. The first-order valence-corrected chi connectivity index (χ1v) is 7.18. The quantitative estimate of drug-likeness (QED) is 0.887. The number of para-hydroxylation sites is 1. The van der Waals surface area contributed by atoms with Gasteiger partial charge in [0.25, 0.3) is 0 Å². The number of nitrogens with one attached hydrogen (secondary N) is 2. The topological polar surface area (TPSA) is 71.1 Å². The standard InChI is InChI=1S/C12H13N3O2S/c1-18(16,17)15-11-7-8-12(13-9-11)14-10-5-3-2-4-6-10/h2-9,15H,1H3,(H,13,14). The van der Waals surface area contributed by atoms with Crippen molar-refractivity contribution >= 4 is 27.2 Å². The SMILES string of the molecule is CS(=O)(=O)Nc1ccc(Nc2ccccc2)nc1. The van der Waals surface area contributed by atoms with Crippen LogP contribution in [-0.4, -0.2) is 19.7 Å². The number of pyridine rings is 1. The van der Waals surface area contributed by atoms with Crippen LogP contribution < -0.4 is 10.0 Å². The van der Waals surface area contributed by atoms with E-state index in [2.05, 4.69) is 15.0 Å². The number of hydrogen-bond acceptors (Lipinski definition) is 4. The van der Waals surface area contributed by atoms with E-state index in [1.807, 2.05) is 30.3 Å². The van der Waals surface area contributed by atoms with Crippen molar-refractivity contribution in [3.63, 3.8) is 0 Å². The van der Waals surface area contributed by atoms with E-state index in [9.17, 15) is 8.42 Å². The normalized spacial score (nSPS) is 10.9. The molecule has 6 heteroatoms. The summed E-state index contributed by atoms with van der Waals surface area (Å²) in [5, 5.41) is 3.11. The number of hydrogen-bond donors (Lipinski definition) is 2. The van der Waals surface area contributed by atoms with Gasteiger partial charge in [-0.3, -0.25) is 4.72 Å². The lowest BCUT2D eigenvalue weighted by molar-refractivity contribution is 0.607. The molecule has 0 radical (unpaired) electrons. The molecule has 0 aliphatic carbocycles. The monoisotopic (exact) mass is 263 g/mol. The van der Waals surface area contributed by atoms with Gasteiger partial charge in [-0.15, -0.1) is 0 Å². The van der Waals surface area contributed by atoms with Gasteiger partial charge in [-0.05, 0) is 24.3 Å². The Hall–Kier alpha value is -2.08. The lowest BCUT2D eigenvalue weighted by atomic mass is 10.3. The summed E-state index contributed by atoms with van der Waals surface area (Å²) in [5.41, 5.74) is 1.37. The van der Waals surface area contributed by atoms with Crippen molar-refractivity contribution in [1.82, 2.24) is 4.98 Å². The Bertz CT molecular complexity index is 610. The predicted molar refractivity (Wildman–Crippen MR) is 72.4 cm³/mol. The highest BCUT2D eigenvalue weighted by Gasteiger charge is 2.02. The van der Waals surface area contributed by atoms with E-state index in [4.69, 9.17) is 0 Å². The van der Waals surface area contributed by atoms with Crippen LogP contribution in [0.15, 0.2) is 48.7 Å². The zero-order valence-electron chi connectivity index (χ0n) is 9.79. The average molecular weight is 263 g/mol. The molecule has 5 nitrogen and oxygen atoms in total. The van der Waals surface area contributed by atoms with Crippen LogP contribution in [0.25, 0.3) is 0 Å². The molecule has 0 amide bonds. The summed E-state index contributed by atoms with van der Waals surface area (Å²) >= 11 is 0. The van der Waals surface area contributed by atoms with Crippen LogP contribution >= 0.6 is 0 Å². The zero-order valence-corrected chi connectivity index (χ0v) is 10.6. The molecule has 0 aliphatic heterocycles. The molecule has 0 fully saturated rings. The van der Waals surface area contributed by atoms with Crippen molar-refractivity contribution < 1.29 is 8.42 Å². The minimum atomic E-state index is -3.26. The maximum atomic E-state index is 11.0. The molecule has 0 unspecified atom stereocenters. The number of rotatable bonds is 4. The molecule has 0 spiro atoms. The van der Waals surface area contributed by atoms with Gasteiger partial charge in [-0.1, -0.05) is 18.2 Å². The number of anilines is 3. The first kappa shape index (κ1) is 12.4. The van der Waals surface area contributed by atoms with E-state index in [-0.39, 0.29) is 0 Å². The number of sulfonamides is 1. The Labute approximate surface area is 106 Å². The van der Waals surface area contributed by atoms with Crippen molar-refractivity contribution in [2.45, 2.75) is 0 Å². The van der Waals surface area contributed by atoms with Gasteiger partial charge in [0.05, 0.1) is 18.1 Å². The molecule has 0 bridgehead atoms. The Morgan fingerprint density at radius 2 is 1.72 bits per heavy atom. The van der Waals surface area contributed by atoms with Gasteiger partial charge >= 0.3 is 0 Å². The second-order valence-corrected chi connectivity index (χ2v) is 5.55. The van der Waals surface area contributed by atoms with Gasteiger partial charge < -0.3 is 5.32 Å². The fraction of sp³-hybridized carbons (Fsp3) is 0.0833. The molecule has 2 aromatic rings.